The van der Waals surface area contributed by atoms with E-state index in [0.717, 1.165) is 6.07 Å². The Kier molecular flexibility index (Phi) is 3.22. The zero-order valence-corrected chi connectivity index (χ0v) is 9.82. The number of methoxy groups -OCH3 is 1. The number of aromatic amines is 1. The number of amides is 1. The number of hydrogen-bond donors (Lipinski definition) is 2. The summed E-state index contributed by atoms with van der Waals surface area (Å²) in [5.41, 5.74) is 0.908. The van der Waals surface area contributed by atoms with Gasteiger partial charge in [0.25, 0.3) is 5.91 Å². The first-order valence-corrected chi connectivity index (χ1v) is 5.14. The average Bonchev–Trinajstić information content (AvgIpc) is 2.80. The summed E-state index contributed by atoms with van der Waals surface area (Å²) >= 11 is 0. The minimum absolute atomic E-state index is 0.112. The molecular weight excluding hydrogens is 239 g/mol. The molecule has 0 atom stereocenters. The van der Waals surface area contributed by atoms with Gasteiger partial charge in [-0.1, -0.05) is 6.07 Å². The van der Waals surface area contributed by atoms with Crippen molar-refractivity contribution >= 4 is 11.9 Å². The number of carbonyl (C=O) groups is 1. The lowest BCUT2D eigenvalue weighted by atomic mass is 10.1. The first-order valence-electron chi connectivity index (χ1n) is 5.14. The molecule has 2 aromatic rings. The van der Waals surface area contributed by atoms with E-state index in [-0.39, 0.29) is 17.5 Å². The van der Waals surface area contributed by atoms with Crippen molar-refractivity contribution in [2.75, 3.05) is 12.4 Å². The molecule has 0 saturated heterocycles. The Morgan fingerprint density at radius 3 is 2.94 bits per heavy atom. The largest absolute Gasteiger partial charge is 0.466 e. The molecule has 1 heterocycles. The topological polar surface area (TPSA) is 79.9 Å². The van der Waals surface area contributed by atoms with Gasteiger partial charge in [0.15, 0.2) is 0 Å². The zero-order chi connectivity index (χ0) is 13.1. The number of aromatic nitrogens is 3. The number of aryl methyl sites for hydroxylation is 1. The summed E-state index contributed by atoms with van der Waals surface area (Å²) < 4.78 is 17.8. The van der Waals surface area contributed by atoms with Crippen LogP contribution in [0.5, 0.6) is 6.01 Å². The summed E-state index contributed by atoms with van der Waals surface area (Å²) in [6, 6.07) is 4.11. The van der Waals surface area contributed by atoms with Crippen LogP contribution in [0.4, 0.5) is 10.3 Å². The Hall–Kier alpha value is -2.44. The number of ether oxygens (including phenoxy) is 1. The quantitative estimate of drug-likeness (QED) is 0.865. The number of nitrogens with one attached hydrogen (secondary N) is 2. The molecule has 2 N–H and O–H groups in total. The number of rotatable bonds is 3. The first kappa shape index (κ1) is 12.0. The molecule has 0 radical (unpaired) electrons. The fraction of sp³-hybridized carbons (Fsp3) is 0.182. The number of nitrogens with zero attached hydrogens (tertiary/aromatic N) is 2. The summed E-state index contributed by atoms with van der Waals surface area (Å²) in [4.78, 5) is 15.7. The number of carbonyl (C=O) groups excluding carboxylic acids is 1. The van der Waals surface area contributed by atoms with Gasteiger partial charge in [0, 0.05) is 5.56 Å². The highest BCUT2D eigenvalue weighted by Crippen LogP contribution is 2.12. The third-order valence-corrected chi connectivity index (χ3v) is 2.32. The molecular formula is C11H11FN4O2. The molecule has 94 valence electrons. The lowest BCUT2D eigenvalue weighted by Gasteiger charge is -2.04. The van der Waals surface area contributed by atoms with Crippen LogP contribution in [0.1, 0.15) is 15.9 Å². The van der Waals surface area contributed by atoms with Crippen molar-refractivity contribution in [3.8, 4) is 6.01 Å². The molecule has 0 unspecified atom stereocenters. The molecule has 0 spiro atoms. The maximum absolute atomic E-state index is 13.1. The van der Waals surface area contributed by atoms with Crippen LogP contribution in [0, 0.1) is 12.7 Å². The van der Waals surface area contributed by atoms with Crippen LogP contribution in [0.3, 0.4) is 0 Å². The lowest BCUT2D eigenvalue weighted by molar-refractivity contribution is 0.102. The van der Waals surface area contributed by atoms with Crippen LogP contribution in [0.25, 0.3) is 0 Å². The van der Waals surface area contributed by atoms with Crippen molar-refractivity contribution in [2.24, 2.45) is 0 Å². The predicted octanol–water partition coefficient (Wildman–Crippen LogP) is 1.51. The minimum Gasteiger partial charge on any atom is -0.466 e. The second kappa shape index (κ2) is 4.82. The fourth-order valence-corrected chi connectivity index (χ4v) is 1.41. The summed E-state index contributed by atoms with van der Waals surface area (Å²) in [6.07, 6.45) is 0. The molecule has 18 heavy (non-hydrogen) atoms. The lowest BCUT2D eigenvalue weighted by Crippen LogP contribution is -2.14. The molecule has 0 saturated carbocycles. The van der Waals surface area contributed by atoms with Crippen molar-refractivity contribution in [1.29, 1.82) is 0 Å². The summed E-state index contributed by atoms with van der Waals surface area (Å²) in [5, 5.41) is 8.62. The van der Waals surface area contributed by atoms with Crippen LogP contribution in [-0.2, 0) is 0 Å². The molecule has 7 heteroatoms. The summed E-state index contributed by atoms with van der Waals surface area (Å²) in [7, 11) is 1.41. The normalized spacial score (nSPS) is 10.2. The van der Waals surface area contributed by atoms with Gasteiger partial charge in [0.05, 0.1) is 7.11 Å². The molecule has 0 fully saturated rings. The third kappa shape index (κ3) is 2.45. The molecule has 0 aliphatic carbocycles. The molecule has 1 amide bonds. The van der Waals surface area contributed by atoms with E-state index in [9.17, 15) is 9.18 Å². The Balaban J connectivity index is 2.19. The van der Waals surface area contributed by atoms with Crippen LogP contribution >= 0.6 is 0 Å². The van der Waals surface area contributed by atoms with Gasteiger partial charge in [0.2, 0.25) is 5.95 Å². The number of hydrogen-bond acceptors (Lipinski definition) is 4. The smallest absolute Gasteiger partial charge is 0.336 e. The van der Waals surface area contributed by atoms with Crippen LogP contribution in [0.2, 0.25) is 0 Å². The van der Waals surface area contributed by atoms with E-state index < -0.39 is 11.7 Å². The van der Waals surface area contributed by atoms with Gasteiger partial charge in [-0.05, 0) is 24.6 Å². The maximum atomic E-state index is 13.1. The zero-order valence-electron chi connectivity index (χ0n) is 9.82. The van der Waals surface area contributed by atoms with Crippen molar-refractivity contribution < 1.29 is 13.9 Å². The maximum Gasteiger partial charge on any atom is 0.336 e. The van der Waals surface area contributed by atoms with Crippen molar-refractivity contribution in [3.63, 3.8) is 0 Å². The highest BCUT2D eigenvalue weighted by Gasteiger charge is 2.12. The third-order valence-electron chi connectivity index (χ3n) is 2.32. The van der Waals surface area contributed by atoms with Crippen molar-refractivity contribution in [3.05, 3.63) is 35.1 Å². The second-order valence-corrected chi connectivity index (χ2v) is 3.58. The van der Waals surface area contributed by atoms with Crippen LogP contribution in [0.15, 0.2) is 18.2 Å². The Morgan fingerprint density at radius 1 is 1.50 bits per heavy atom. The highest BCUT2D eigenvalue weighted by atomic mass is 19.1. The van der Waals surface area contributed by atoms with Gasteiger partial charge in [-0.3, -0.25) is 10.1 Å². The molecule has 1 aromatic carbocycles. The van der Waals surface area contributed by atoms with E-state index in [0.29, 0.717) is 5.56 Å². The van der Waals surface area contributed by atoms with E-state index in [2.05, 4.69) is 20.5 Å². The average molecular weight is 250 g/mol. The van der Waals surface area contributed by atoms with Gasteiger partial charge >= 0.3 is 6.01 Å². The van der Waals surface area contributed by atoms with Gasteiger partial charge in [-0.25, -0.2) is 9.49 Å². The monoisotopic (exact) mass is 250 g/mol. The number of H-pyrrole nitrogens is 1. The summed E-state index contributed by atoms with van der Waals surface area (Å²) in [6.45, 7) is 1.72. The van der Waals surface area contributed by atoms with Gasteiger partial charge in [0.1, 0.15) is 5.82 Å². The highest BCUT2D eigenvalue weighted by molar-refractivity contribution is 6.04. The standard InChI is InChI=1S/C11H11FN4O2/c1-6-3-4-7(12)5-8(6)9(17)13-10-14-11(18-2)16-15-10/h3-5H,1-2H3,(H2,13,14,15,16,17). The van der Waals surface area contributed by atoms with E-state index in [1.54, 1.807) is 6.92 Å². The fourth-order valence-electron chi connectivity index (χ4n) is 1.41. The van der Waals surface area contributed by atoms with E-state index in [1.807, 2.05) is 0 Å². The molecule has 0 aliphatic heterocycles. The number of halogens is 1. The van der Waals surface area contributed by atoms with Gasteiger partial charge < -0.3 is 4.74 Å². The van der Waals surface area contributed by atoms with E-state index in [1.165, 1.54) is 19.2 Å². The first-order chi connectivity index (χ1) is 8.60. The molecule has 6 nitrogen and oxygen atoms in total. The molecule has 0 aliphatic rings. The SMILES string of the molecule is COc1n[nH]c(NC(=O)c2cc(F)ccc2C)n1. The number of anilines is 1. The van der Waals surface area contributed by atoms with Crippen molar-refractivity contribution in [1.82, 2.24) is 15.2 Å². The van der Waals surface area contributed by atoms with Crippen molar-refractivity contribution in [2.45, 2.75) is 6.92 Å². The molecule has 2 rings (SSSR count). The Bertz CT molecular complexity index is 582. The number of benzene rings is 1. The summed E-state index contributed by atoms with van der Waals surface area (Å²) in [5.74, 6) is -0.799. The second-order valence-electron chi connectivity index (χ2n) is 3.58. The molecule has 1 aromatic heterocycles. The van der Waals surface area contributed by atoms with E-state index in [4.69, 9.17) is 4.74 Å². The van der Waals surface area contributed by atoms with Gasteiger partial charge in [-0.2, -0.15) is 4.98 Å². The van der Waals surface area contributed by atoms with Crippen LogP contribution < -0.4 is 10.1 Å². The molecule has 0 bridgehead atoms. The minimum atomic E-state index is -0.471. The van der Waals surface area contributed by atoms with E-state index >= 15 is 0 Å². The van der Waals surface area contributed by atoms with Crippen LogP contribution in [-0.4, -0.2) is 28.2 Å². The Morgan fingerprint density at radius 2 is 2.28 bits per heavy atom. The Labute approximate surface area is 102 Å². The predicted molar refractivity (Wildman–Crippen MR) is 62.0 cm³/mol. The van der Waals surface area contributed by atoms with Gasteiger partial charge in [-0.15, -0.1) is 5.10 Å².